The number of benzene rings is 1. The van der Waals surface area contributed by atoms with Crippen LogP contribution in [0.5, 0.6) is 5.75 Å². The first-order chi connectivity index (χ1) is 11.0. The summed E-state index contributed by atoms with van der Waals surface area (Å²) >= 11 is 7.37. The summed E-state index contributed by atoms with van der Waals surface area (Å²) in [5, 5.41) is 21.1. The highest BCUT2D eigenvalue weighted by Gasteiger charge is 2.20. The van der Waals surface area contributed by atoms with Gasteiger partial charge in [0.2, 0.25) is 0 Å². The Morgan fingerprint density at radius 1 is 1.61 bits per heavy atom. The van der Waals surface area contributed by atoms with E-state index in [9.17, 15) is 10.1 Å². The molecule has 2 aromatic rings. The lowest BCUT2D eigenvalue weighted by Crippen LogP contribution is -2.27. The Morgan fingerprint density at radius 3 is 3.00 bits per heavy atom. The molecule has 23 heavy (non-hydrogen) atoms. The molecule has 0 spiro atoms. The molecule has 0 radical (unpaired) electrons. The highest BCUT2D eigenvalue weighted by molar-refractivity contribution is 7.09. The molecule has 6 nitrogen and oxygen atoms in total. The average Bonchev–Trinajstić information content (AvgIpc) is 3.05. The molecule has 120 valence electrons. The summed E-state index contributed by atoms with van der Waals surface area (Å²) in [5.74, 6) is 0.359. The van der Waals surface area contributed by atoms with Crippen molar-refractivity contribution in [1.82, 2.24) is 9.88 Å². The lowest BCUT2D eigenvalue weighted by molar-refractivity contribution is 0.140. The van der Waals surface area contributed by atoms with Crippen LogP contribution in [0.3, 0.4) is 0 Å². The number of hydrogen-bond acceptors (Lipinski definition) is 5. The van der Waals surface area contributed by atoms with Gasteiger partial charge in [-0.25, -0.2) is 9.78 Å². The third kappa shape index (κ3) is 4.58. The van der Waals surface area contributed by atoms with Gasteiger partial charge in [-0.05, 0) is 12.1 Å². The van der Waals surface area contributed by atoms with Crippen LogP contribution in [0.1, 0.15) is 23.1 Å². The van der Waals surface area contributed by atoms with Crippen LogP contribution in [-0.4, -0.2) is 34.7 Å². The second kappa shape index (κ2) is 7.81. The zero-order valence-electron chi connectivity index (χ0n) is 12.3. The molecule has 0 unspecified atom stereocenters. The van der Waals surface area contributed by atoms with Gasteiger partial charge in [0.05, 0.1) is 5.56 Å². The first-order valence-electron chi connectivity index (χ1n) is 6.71. The van der Waals surface area contributed by atoms with E-state index in [0.717, 1.165) is 0 Å². The monoisotopic (exact) mass is 351 g/mol. The van der Waals surface area contributed by atoms with Gasteiger partial charge in [0, 0.05) is 42.7 Å². The molecule has 1 atom stereocenters. The zero-order valence-corrected chi connectivity index (χ0v) is 13.8. The first kappa shape index (κ1) is 17.1. The maximum Gasteiger partial charge on any atom is 0.407 e. The van der Waals surface area contributed by atoms with E-state index < -0.39 is 12.2 Å². The number of carbonyl (C=O) groups is 1. The van der Waals surface area contributed by atoms with E-state index in [4.69, 9.17) is 21.4 Å². The van der Waals surface area contributed by atoms with Crippen LogP contribution < -0.4 is 4.74 Å². The SMILES string of the molecule is CN(CC[C@@H](Oc1cc(Cl)ccc1C#N)c1nccs1)C(=O)O. The second-order valence-corrected chi connectivity index (χ2v) is 6.08. The Bertz CT molecular complexity index is 715. The maximum atomic E-state index is 10.9. The molecule has 8 heteroatoms. The minimum Gasteiger partial charge on any atom is -0.482 e. The van der Waals surface area contributed by atoms with Crippen molar-refractivity contribution < 1.29 is 14.6 Å². The van der Waals surface area contributed by atoms with Crippen LogP contribution in [0.2, 0.25) is 5.02 Å². The highest BCUT2D eigenvalue weighted by atomic mass is 35.5. The van der Waals surface area contributed by atoms with Crippen LogP contribution in [0.25, 0.3) is 0 Å². The quantitative estimate of drug-likeness (QED) is 0.855. The van der Waals surface area contributed by atoms with E-state index in [2.05, 4.69) is 11.1 Å². The fraction of sp³-hybridized carbons (Fsp3) is 0.267. The third-order valence-corrected chi connectivity index (χ3v) is 4.22. The molecule has 2 rings (SSSR count). The van der Waals surface area contributed by atoms with E-state index in [1.54, 1.807) is 24.4 Å². The van der Waals surface area contributed by atoms with Gasteiger partial charge in [-0.2, -0.15) is 5.26 Å². The Hall–Kier alpha value is -2.30. The Balaban J connectivity index is 2.20. The van der Waals surface area contributed by atoms with E-state index in [-0.39, 0.29) is 6.54 Å². The van der Waals surface area contributed by atoms with Gasteiger partial charge in [0.15, 0.2) is 6.10 Å². The number of carboxylic acid groups (broad SMARTS) is 1. The number of aromatic nitrogens is 1. The van der Waals surface area contributed by atoms with Gasteiger partial charge in [0.1, 0.15) is 16.8 Å². The molecule has 0 aliphatic heterocycles. The smallest absolute Gasteiger partial charge is 0.407 e. The molecule has 0 aliphatic rings. The second-order valence-electron chi connectivity index (χ2n) is 4.72. The van der Waals surface area contributed by atoms with Crippen molar-refractivity contribution in [3.05, 3.63) is 45.4 Å². The van der Waals surface area contributed by atoms with Crippen molar-refractivity contribution in [2.24, 2.45) is 0 Å². The van der Waals surface area contributed by atoms with E-state index in [1.165, 1.54) is 23.3 Å². The number of halogens is 1. The summed E-state index contributed by atoms with van der Waals surface area (Å²) in [7, 11) is 1.49. The average molecular weight is 352 g/mol. The molecule has 0 saturated carbocycles. The number of rotatable bonds is 6. The molecule has 0 aliphatic carbocycles. The molecular weight excluding hydrogens is 338 g/mol. The predicted molar refractivity (Wildman–Crippen MR) is 86.9 cm³/mol. The lowest BCUT2D eigenvalue weighted by atomic mass is 10.2. The number of nitrogens with zero attached hydrogens (tertiary/aromatic N) is 3. The summed E-state index contributed by atoms with van der Waals surface area (Å²) in [6, 6.07) is 6.82. The van der Waals surface area contributed by atoms with Gasteiger partial charge in [-0.1, -0.05) is 11.6 Å². The van der Waals surface area contributed by atoms with Crippen LogP contribution in [-0.2, 0) is 0 Å². The Labute approximate surface area is 142 Å². The van der Waals surface area contributed by atoms with Crippen molar-refractivity contribution in [3.63, 3.8) is 0 Å². The van der Waals surface area contributed by atoms with E-state index >= 15 is 0 Å². The Kier molecular flexibility index (Phi) is 5.79. The molecule has 0 bridgehead atoms. The summed E-state index contributed by atoms with van der Waals surface area (Å²) in [6.07, 6.45) is 0.597. The molecule has 1 heterocycles. The van der Waals surface area contributed by atoms with Gasteiger partial charge >= 0.3 is 6.09 Å². The standard InChI is InChI=1S/C15H14ClN3O3S/c1-19(15(20)21)6-4-12(14-18-5-7-23-14)22-13-8-11(16)3-2-10(13)9-17/h2-3,5,7-8,12H,4,6H2,1H3,(H,20,21)/t12-/m1/s1. The molecule has 0 saturated heterocycles. The van der Waals surface area contributed by atoms with Crippen molar-refractivity contribution in [3.8, 4) is 11.8 Å². The minimum atomic E-state index is -1.01. The van der Waals surface area contributed by atoms with Crippen LogP contribution in [0.15, 0.2) is 29.8 Å². The molecule has 1 aromatic heterocycles. The first-order valence-corrected chi connectivity index (χ1v) is 7.96. The molecular formula is C15H14ClN3O3S. The lowest BCUT2D eigenvalue weighted by Gasteiger charge is -2.20. The molecule has 1 amide bonds. The fourth-order valence-corrected chi connectivity index (χ4v) is 2.73. The minimum absolute atomic E-state index is 0.280. The van der Waals surface area contributed by atoms with E-state index in [0.29, 0.717) is 27.8 Å². The largest absolute Gasteiger partial charge is 0.482 e. The van der Waals surface area contributed by atoms with Crippen molar-refractivity contribution in [1.29, 1.82) is 5.26 Å². The van der Waals surface area contributed by atoms with E-state index in [1.807, 2.05) is 5.38 Å². The van der Waals surface area contributed by atoms with Crippen LogP contribution in [0.4, 0.5) is 4.79 Å². The fourth-order valence-electron chi connectivity index (χ4n) is 1.87. The van der Waals surface area contributed by atoms with Crippen molar-refractivity contribution >= 4 is 29.0 Å². The topological polar surface area (TPSA) is 86.5 Å². The molecule has 1 N–H and O–H groups in total. The van der Waals surface area contributed by atoms with Gasteiger partial charge < -0.3 is 14.7 Å². The summed E-state index contributed by atoms with van der Waals surface area (Å²) in [5.41, 5.74) is 0.363. The van der Waals surface area contributed by atoms with Crippen molar-refractivity contribution in [2.75, 3.05) is 13.6 Å². The van der Waals surface area contributed by atoms with Crippen LogP contribution in [0, 0.1) is 11.3 Å². The molecule has 0 fully saturated rings. The van der Waals surface area contributed by atoms with Gasteiger partial charge in [0.25, 0.3) is 0 Å². The molecule has 1 aromatic carbocycles. The highest BCUT2D eigenvalue weighted by Crippen LogP contribution is 2.30. The normalized spacial score (nSPS) is 11.5. The summed E-state index contributed by atoms with van der Waals surface area (Å²) in [6.45, 7) is 0.280. The summed E-state index contributed by atoms with van der Waals surface area (Å²) < 4.78 is 5.91. The number of ether oxygens (including phenoxy) is 1. The zero-order chi connectivity index (χ0) is 16.8. The summed E-state index contributed by atoms with van der Waals surface area (Å²) in [4.78, 5) is 16.3. The Morgan fingerprint density at radius 2 is 2.39 bits per heavy atom. The number of hydrogen-bond donors (Lipinski definition) is 1. The third-order valence-electron chi connectivity index (χ3n) is 3.11. The number of amides is 1. The number of thiazole rings is 1. The van der Waals surface area contributed by atoms with Crippen LogP contribution >= 0.6 is 22.9 Å². The number of nitriles is 1. The predicted octanol–water partition coefficient (Wildman–Crippen LogP) is 3.79. The maximum absolute atomic E-state index is 10.9. The van der Waals surface area contributed by atoms with Crippen molar-refractivity contribution in [2.45, 2.75) is 12.5 Å². The van der Waals surface area contributed by atoms with Gasteiger partial charge in [-0.3, -0.25) is 0 Å². The van der Waals surface area contributed by atoms with Gasteiger partial charge in [-0.15, -0.1) is 11.3 Å².